The first-order chi connectivity index (χ1) is 7.40. The molecule has 1 fully saturated rings. The van der Waals surface area contributed by atoms with Crippen molar-refractivity contribution in [3.8, 4) is 0 Å². The van der Waals surface area contributed by atoms with Crippen molar-refractivity contribution in [2.24, 2.45) is 0 Å². The van der Waals surface area contributed by atoms with Crippen molar-refractivity contribution < 1.29 is 9.13 Å². The summed E-state index contributed by atoms with van der Waals surface area (Å²) in [5.74, 6) is -0.168. The quantitative estimate of drug-likeness (QED) is 0.831. The highest BCUT2D eigenvalue weighted by atomic mass is 19.1. The van der Waals surface area contributed by atoms with E-state index < -0.39 is 5.72 Å². The summed E-state index contributed by atoms with van der Waals surface area (Å²) in [4.78, 5) is 0. The maximum atomic E-state index is 13.5. The zero-order valence-corrected chi connectivity index (χ0v) is 10.0. The Morgan fingerprint density at radius 2 is 2.00 bits per heavy atom. The standard InChI is InChI=1S/C13H18FNO/c1-12(2)9-16-13(3,15-12)8-10-6-4-5-7-11(10)14/h4-7,15H,8-9H2,1-3H3. The van der Waals surface area contributed by atoms with Crippen LogP contribution in [-0.2, 0) is 11.2 Å². The molecule has 88 valence electrons. The van der Waals surface area contributed by atoms with Gasteiger partial charge in [-0.2, -0.15) is 0 Å². The highest BCUT2D eigenvalue weighted by Crippen LogP contribution is 2.26. The highest BCUT2D eigenvalue weighted by molar-refractivity contribution is 5.19. The highest BCUT2D eigenvalue weighted by Gasteiger charge is 2.40. The smallest absolute Gasteiger partial charge is 0.126 e. The lowest BCUT2D eigenvalue weighted by Gasteiger charge is -2.26. The maximum absolute atomic E-state index is 13.5. The number of rotatable bonds is 2. The van der Waals surface area contributed by atoms with E-state index >= 15 is 0 Å². The average Bonchev–Trinajstić information content (AvgIpc) is 2.45. The molecule has 0 amide bonds. The minimum absolute atomic E-state index is 0.0417. The topological polar surface area (TPSA) is 21.3 Å². The van der Waals surface area contributed by atoms with Crippen molar-refractivity contribution in [3.63, 3.8) is 0 Å². The molecule has 1 atom stereocenters. The van der Waals surface area contributed by atoms with Gasteiger partial charge < -0.3 is 4.74 Å². The van der Waals surface area contributed by atoms with Crippen molar-refractivity contribution in [2.45, 2.75) is 38.5 Å². The van der Waals surface area contributed by atoms with E-state index in [1.165, 1.54) is 6.07 Å². The van der Waals surface area contributed by atoms with Crippen LogP contribution in [0, 0.1) is 5.82 Å². The van der Waals surface area contributed by atoms with Crippen LogP contribution in [0.25, 0.3) is 0 Å². The van der Waals surface area contributed by atoms with E-state index in [4.69, 9.17) is 4.74 Å². The van der Waals surface area contributed by atoms with E-state index in [1.807, 2.05) is 13.0 Å². The summed E-state index contributed by atoms with van der Waals surface area (Å²) in [7, 11) is 0. The van der Waals surface area contributed by atoms with Crippen LogP contribution in [0.4, 0.5) is 4.39 Å². The van der Waals surface area contributed by atoms with Gasteiger partial charge in [0.25, 0.3) is 0 Å². The minimum atomic E-state index is -0.467. The predicted octanol–water partition coefficient (Wildman–Crippen LogP) is 2.48. The van der Waals surface area contributed by atoms with E-state index in [1.54, 1.807) is 12.1 Å². The number of nitrogens with one attached hydrogen (secondary N) is 1. The van der Waals surface area contributed by atoms with E-state index in [2.05, 4.69) is 19.2 Å². The van der Waals surface area contributed by atoms with Crippen LogP contribution in [0.5, 0.6) is 0 Å². The molecule has 0 aliphatic carbocycles. The molecule has 1 aliphatic heterocycles. The molecule has 1 unspecified atom stereocenters. The van der Waals surface area contributed by atoms with Gasteiger partial charge in [-0.25, -0.2) is 4.39 Å². The van der Waals surface area contributed by atoms with Crippen LogP contribution in [-0.4, -0.2) is 17.9 Å². The van der Waals surface area contributed by atoms with Crippen molar-refractivity contribution >= 4 is 0 Å². The fraction of sp³-hybridized carbons (Fsp3) is 0.538. The monoisotopic (exact) mass is 223 g/mol. The second-order valence-corrected chi connectivity index (χ2v) is 5.30. The van der Waals surface area contributed by atoms with Gasteiger partial charge in [-0.3, -0.25) is 5.32 Å². The molecule has 3 heteroatoms. The normalized spacial score (nSPS) is 28.2. The molecule has 0 aromatic heterocycles. The molecule has 2 rings (SSSR count). The van der Waals surface area contributed by atoms with Gasteiger partial charge in [0, 0.05) is 12.0 Å². The van der Waals surface area contributed by atoms with Gasteiger partial charge in [0.15, 0.2) is 0 Å². The SMILES string of the molecule is CC1(C)COC(C)(Cc2ccccc2F)N1. The predicted molar refractivity (Wildman–Crippen MR) is 61.7 cm³/mol. The number of ether oxygens (including phenoxy) is 1. The number of halogens is 1. The fourth-order valence-corrected chi connectivity index (χ4v) is 2.23. The molecule has 0 saturated carbocycles. The lowest BCUT2D eigenvalue weighted by atomic mass is 10.0. The van der Waals surface area contributed by atoms with E-state index in [0.29, 0.717) is 18.6 Å². The Labute approximate surface area is 95.8 Å². The van der Waals surface area contributed by atoms with Crippen molar-refractivity contribution in [1.29, 1.82) is 0 Å². The number of hydrogen-bond donors (Lipinski definition) is 1. The summed E-state index contributed by atoms with van der Waals surface area (Å²) in [5, 5.41) is 3.39. The molecule has 1 saturated heterocycles. The summed E-state index contributed by atoms with van der Waals surface area (Å²) in [6.45, 7) is 6.78. The second kappa shape index (κ2) is 3.82. The molecule has 1 aromatic carbocycles. The van der Waals surface area contributed by atoms with Gasteiger partial charge in [0.1, 0.15) is 11.5 Å². The van der Waals surface area contributed by atoms with Crippen LogP contribution in [0.3, 0.4) is 0 Å². The Morgan fingerprint density at radius 3 is 2.56 bits per heavy atom. The summed E-state index contributed by atoms with van der Waals surface area (Å²) in [5.41, 5.74) is 0.182. The van der Waals surface area contributed by atoms with E-state index in [-0.39, 0.29) is 11.4 Å². The number of hydrogen-bond acceptors (Lipinski definition) is 2. The molecular weight excluding hydrogens is 205 g/mol. The molecule has 0 spiro atoms. The molecule has 1 aromatic rings. The van der Waals surface area contributed by atoms with Crippen molar-refractivity contribution in [1.82, 2.24) is 5.32 Å². The lowest BCUT2D eigenvalue weighted by Crippen LogP contribution is -2.47. The van der Waals surface area contributed by atoms with Crippen LogP contribution in [0.2, 0.25) is 0 Å². The Morgan fingerprint density at radius 1 is 1.31 bits per heavy atom. The zero-order chi connectivity index (χ0) is 11.8. The molecule has 1 N–H and O–H groups in total. The molecule has 0 radical (unpaired) electrons. The van der Waals surface area contributed by atoms with Crippen LogP contribution in [0.1, 0.15) is 26.3 Å². The van der Waals surface area contributed by atoms with Gasteiger partial charge >= 0.3 is 0 Å². The molecule has 1 heterocycles. The van der Waals surface area contributed by atoms with Gasteiger partial charge in [-0.05, 0) is 32.4 Å². The Hall–Kier alpha value is -0.930. The third-order valence-corrected chi connectivity index (χ3v) is 2.84. The van der Waals surface area contributed by atoms with Gasteiger partial charge in [-0.1, -0.05) is 18.2 Å². The van der Waals surface area contributed by atoms with Gasteiger partial charge in [-0.15, -0.1) is 0 Å². The molecule has 2 nitrogen and oxygen atoms in total. The average molecular weight is 223 g/mol. The fourth-order valence-electron chi connectivity index (χ4n) is 2.23. The van der Waals surface area contributed by atoms with E-state index in [0.717, 1.165) is 0 Å². The summed E-state index contributed by atoms with van der Waals surface area (Å²) in [6.07, 6.45) is 0.545. The first-order valence-corrected chi connectivity index (χ1v) is 5.57. The second-order valence-electron chi connectivity index (χ2n) is 5.30. The van der Waals surface area contributed by atoms with Crippen LogP contribution >= 0.6 is 0 Å². The first kappa shape index (κ1) is 11.6. The van der Waals surface area contributed by atoms with E-state index in [9.17, 15) is 4.39 Å². The van der Waals surface area contributed by atoms with Gasteiger partial charge in [0.2, 0.25) is 0 Å². The molecular formula is C13H18FNO. The van der Waals surface area contributed by atoms with Crippen LogP contribution in [0.15, 0.2) is 24.3 Å². The summed E-state index contributed by atoms with van der Waals surface area (Å²) in [6, 6.07) is 6.84. The molecule has 0 bridgehead atoms. The zero-order valence-electron chi connectivity index (χ0n) is 10.0. The molecule has 1 aliphatic rings. The summed E-state index contributed by atoms with van der Waals surface area (Å²) >= 11 is 0. The third kappa shape index (κ3) is 2.42. The largest absolute Gasteiger partial charge is 0.359 e. The number of benzene rings is 1. The van der Waals surface area contributed by atoms with Crippen molar-refractivity contribution in [3.05, 3.63) is 35.6 Å². The lowest BCUT2D eigenvalue weighted by molar-refractivity contribution is 0.00607. The maximum Gasteiger partial charge on any atom is 0.126 e. The first-order valence-electron chi connectivity index (χ1n) is 5.57. The minimum Gasteiger partial charge on any atom is -0.359 e. The third-order valence-electron chi connectivity index (χ3n) is 2.84. The molecule has 16 heavy (non-hydrogen) atoms. The van der Waals surface area contributed by atoms with Crippen molar-refractivity contribution in [2.75, 3.05) is 6.61 Å². The Balaban J connectivity index is 2.14. The Bertz CT molecular complexity index is 391. The Kier molecular flexibility index (Phi) is 2.76. The summed E-state index contributed by atoms with van der Waals surface area (Å²) < 4.78 is 19.3. The van der Waals surface area contributed by atoms with Gasteiger partial charge in [0.05, 0.1) is 6.61 Å². The van der Waals surface area contributed by atoms with Crippen LogP contribution < -0.4 is 5.32 Å².